The number of aryl methyl sites for hydroxylation is 1. The molecule has 0 aliphatic carbocycles. The van der Waals surface area contributed by atoms with E-state index in [-0.39, 0.29) is 49.4 Å². The summed E-state index contributed by atoms with van der Waals surface area (Å²) in [6.45, 7) is 4.04. The van der Waals surface area contributed by atoms with E-state index in [1.807, 2.05) is 31.2 Å². The number of amides is 4. The predicted octanol–water partition coefficient (Wildman–Crippen LogP) is 0.819. The number of imide groups is 1. The Bertz CT molecular complexity index is 705. The molecule has 2 saturated heterocycles. The quantitative estimate of drug-likeness (QED) is 0.748. The molecule has 2 heterocycles. The molecule has 0 radical (unpaired) electrons. The van der Waals surface area contributed by atoms with Crippen LogP contribution in [0, 0.1) is 6.92 Å². The van der Waals surface area contributed by atoms with Crippen LogP contribution in [0.25, 0.3) is 0 Å². The fourth-order valence-corrected chi connectivity index (χ4v) is 3.28. The highest BCUT2D eigenvalue weighted by atomic mass is 16.2. The van der Waals surface area contributed by atoms with Crippen molar-refractivity contribution in [1.82, 2.24) is 14.7 Å². The Kier molecular flexibility index (Phi) is 5.35. The second kappa shape index (κ2) is 7.68. The van der Waals surface area contributed by atoms with Gasteiger partial charge in [0.1, 0.15) is 0 Å². The van der Waals surface area contributed by atoms with Crippen molar-refractivity contribution in [2.75, 3.05) is 32.7 Å². The number of benzene rings is 1. The maximum absolute atomic E-state index is 12.5. The first-order valence-electron chi connectivity index (χ1n) is 8.92. The van der Waals surface area contributed by atoms with Gasteiger partial charge in [-0.05, 0) is 19.1 Å². The van der Waals surface area contributed by atoms with Crippen LogP contribution in [0.3, 0.4) is 0 Å². The minimum atomic E-state index is -0.198. The maximum Gasteiger partial charge on any atom is 0.253 e. The molecule has 7 nitrogen and oxygen atoms in total. The zero-order valence-corrected chi connectivity index (χ0v) is 14.9. The van der Waals surface area contributed by atoms with Crippen molar-refractivity contribution in [1.29, 1.82) is 0 Å². The molecule has 0 unspecified atom stereocenters. The highest BCUT2D eigenvalue weighted by molar-refractivity contribution is 6.02. The van der Waals surface area contributed by atoms with Gasteiger partial charge in [0.25, 0.3) is 5.91 Å². The molecule has 0 spiro atoms. The summed E-state index contributed by atoms with van der Waals surface area (Å²) in [5, 5.41) is 0. The van der Waals surface area contributed by atoms with Gasteiger partial charge < -0.3 is 9.80 Å². The summed E-state index contributed by atoms with van der Waals surface area (Å²) in [6.07, 6.45) is 0.628. The van der Waals surface area contributed by atoms with E-state index in [1.165, 1.54) is 4.90 Å². The minimum Gasteiger partial charge on any atom is -0.339 e. The lowest BCUT2D eigenvalue weighted by molar-refractivity contribution is -0.139. The average molecular weight is 357 g/mol. The van der Waals surface area contributed by atoms with Crippen molar-refractivity contribution in [3.8, 4) is 0 Å². The molecule has 2 aliphatic rings. The Hall–Kier alpha value is -2.70. The predicted molar refractivity (Wildman–Crippen MR) is 94.2 cm³/mol. The summed E-state index contributed by atoms with van der Waals surface area (Å²) in [5.74, 6) is -0.502. The molecule has 0 atom stereocenters. The van der Waals surface area contributed by atoms with Gasteiger partial charge >= 0.3 is 0 Å². The molecule has 138 valence electrons. The molecule has 0 N–H and O–H groups in total. The third kappa shape index (κ3) is 3.92. The molecule has 1 aromatic carbocycles. The van der Waals surface area contributed by atoms with E-state index in [4.69, 9.17) is 0 Å². The highest BCUT2D eigenvalue weighted by Crippen LogP contribution is 2.14. The van der Waals surface area contributed by atoms with E-state index in [0.717, 1.165) is 5.56 Å². The third-order valence-electron chi connectivity index (χ3n) is 4.92. The van der Waals surface area contributed by atoms with Crippen LogP contribution in [0.15, 0.2) is 24.3 Å². The topological polar surface area (TPSA) is 78.0 Å². The zero-order valence-electron chi connectivity index (χ0n) is 14.9. The molecule has 0 bridgehead atoms. The number of piperazine rings is 1. The lowest BCUT2D eigenvalue weighted by Gasteiger charge is -2.35. The monoisotopic (exact) mass is 357 g/mol. The molecule has 1 aromatic rings. The Morgan fingerprint density at radius 2 is 1.42 bits per heavy atom. The fourth-order valence-electron chi connectivity index (χ4n) is 3.28. The smallest absolute Gasteiger partial charge is 0.253 e. The van der Waals surface area contributed by atoms with Gasteiger partial charge in [0.05, 0.1) is 0 Å². The van der Waals surface area contributed by atoms with Gasteiger partial charge in [-0.1, -0.05) is 17.7 Å². The van der Waals surface area contributed by atoms with Gasteiger partial charge in [0.15, 0.2) is 0 Å². The van der Waals surface area contributed by atoms with Gasteiger partial charge in [-0.3, -0.25) is 24.1 Å². The number of rotatable bonds is 4. The summed E-state index contributed by atoms with van der Waals surface area (Å²) >= 11 is 0. The summed E-state index contributed by atoms with van der Waals surface area (Å²) in [6, 6.07) is 7.46. The standard InChI is InChI=1S/C19H23N3O4/c1-14-2-4-15(5-3-14)19(26)21-12-10-20(11-13-21)16(23)8-9-22-17(24)6-7-18(22)25/h2-5H,6-13H2,1H3. The van der Waals surface area contributed by atoms with Crippen molar-refractivity contribution in [2.24, 2.45) is 0 Å². The van der Waals surface area contributed by atoms with E-state index in [2.05, 4.69) is 0 Å². The van der Waals surface area contributed by atoms with Crippen molar-refractivity contribution in [3.05, 3.63) is 35.4 Å². The Balaban J connectivity index is 1.47. The first-order valence-corrected chi connectivity index (χ1v) is 8.92. The molecule has 0 aromatic heterocycles. The zero-order chi connectivity index (χ0) is 18.7. The molecular formula is C19H23N3O4. The van der Waals surface area contributed by atoms with Crippen LogP contribution in [-0.4, -0.2) is 71.1 Å². The Labute approximate surface area is 152 Å². The Morgan fingerprint density at radius 3 is 2.00 bits per heavy atom. The average Bonchev–Trinajstić information content (AvgIpc) is 2.98. The van der Waals surface area contributed by atoms with Crippen LogP contribution in [0.2, 0.25) is 0 Å². The third-order valence-corrected chi connectivity index (χ3v) is 4.92. The van der Waals surface area contributed by atoms with Crippen LogP contribution < -0.4 is 0 Å². The maximum atomic E-state index is 12.5. The van der Waals surface area contributed by atoms with Crippen LogP contribution in [-0.2, 0) is 14.4 Å². The number of hydrogen-bond donors (Lipinski definition) is 0. The summed E-state index contributed by atoms with van der Waals surface area (Å²) in [4.78, 5) is 52.6. The van der Waals surface area contributed by atoms with Crippen molar-refractivity contribution in [2.45, 2.75) is 26.2 Å². The molecule has 2 aliphatic heterocycles. The van der Waals surface area contributed by atoms with Crippen molar-refractivity contribution >= 4 is 23.6 Å². The summed E-state index contributed by atoms with van der Waals surface area (Å²) < 4.78 is 0. The number of carbonyl (C=O) groups is 4. The molecule has 4 amide bonds. The number of nitrogens with zero attached hydrogens (tertiary/aromatic N) is 3. The lowest BCUT2D eigenvalue weighted by atomic mass is 10.1. The Morgan fingerprint density at radius 1 is 0.885 bits per heavy atom. The lowest BCUT2D eigenvalue weighted by Crippen LogP contribution is -2.51. The minimum absolute atomic E-state index is 0.0228. The van der Waals surface area contributed by atoms with Crippen LogP contribution >= 0.6 is 0 Å². The van der Waals surface area contributed by atoms with Gasteiger partial charge in [0.2, 0.25) is 17.7 Å². The second-order valence-electron chi connectivity index (χ2n) is 6.73. The first-order chi connectivity index (χ1) is 12.5. The summed E-state index contributed by atoms with van der Waals surface area (Å²) in [5.41, 5.74) is 1.76. The largest absolute Gasteiger partial charge is 0.339 e. The molecule has 7 heteroatoms. The van der Waals surface area contributed by atoms with E-state index >= 15 is 0 Å². The van der Waals surface area contributed by atoms with Gasteiger partial charge in [-0.25, -0.2) is 0 Å². The normalized spacial score (nSPS) is 17.8. The first kappa shape index (κ1) is 18.1. The van der Waals surface area contributed by atoms with Crippen LogP contribution in [0.4, 0.5) is 0 Å². The van der Waals surface area contributed by atoms with Gasteiger partial charge in [0, 0.05) is 57.5 Å². The summed E-state index contributed by atoms with van der Waals surface area (Å²) in [7, 11) is 0. The molecular weight excluding hydrogens is 334 g/mol. The molecule has 0 saturated carbocycles. The fraction of sp³-hybridized carbons (Fsp3) is 0.474. The molecule has 3 rings (SSSR count). The van der Waals surface area contributed by atoms with E-state index in [1.54, 1.807) is 9.80 Å². The second-order valence-corrected chi connectivity index (χ2v) is 6.73. The van der Waals surface area contributed by atoms with Crippen LogP contribution in [0.5, 0.6) is 0 Å². The highest BCUT2D eigenvalue weighted by Gasteiger charge is 2.30. The van der Waals surface area contributed by atoms with Crippen molar-refractivity contribution in [3.63, 3.8) is 0 Å². The van der Waals surface area contributed by atoms with Crippen LogP contribution in [0.1, 0.15) is 35.2 Å². The van der Waals surface area contributed by atoms with Crippen molar-refractivity contribution < 1.29 is 19.2 Å². The number of hydrogen-bond acceptors (Lipinski definition) is 4. The van der Waals surface area contributed by atoms with E-state index in [9.17, 15) is 19.2 Å². The van der Waals surface area contributed by atoms with Gasteiger partial charge in [-0.15, -0.1) is 0 Å². The van der Waals surface area contributed by atoms with E-state index < -0.39 is 0 Å². The number of carbonyl (C=O) groups excluding carboxylic acids is 4. The SMILES string of the molecule is Cc1ccc(C(=O)N2CCN(C(=O)CCN3C(=O)CCC3=O)CC2)cc1. The van der Waals surface area contributed by atoms with Gasteiger partial charge in [-0.2, -0.15) is 0 Å². The molecule has 26 heavy (non-hydrogen) atoms. The van der Waals surface area contributed by atoms with E-state index in [0.29, 0.717) is 31.7 Å². The number of likely N-dealkylation sites (tertiary alicyclic amines) is 1. The molecule has 2 fully saturated rings.